The van der Waals surface area contributed by atoms with Crippen LogP contribution in [0.5, 0.6) is 0 Å². The molecule has 1 fully saturated rings. The number of methoxy groups -OCH3 is 1. The summed E-state index contributed by atoms with van der Waals surface area (Å²) in [4.78, 5) is 12.5. The molecular weight excluding hydrogens is 198 g/mol. The first-order valence-corrected chi connectivity index (χ1v) is 5.26. The van der Waals surface area contributed by atoms with E-state index < -0.39 is 5.97 Å². The van der Waals surface area contributed by atoms with Crippen molar-refractivity contribution >= 4 is 5.97 Å². The van der Waals surface area contributed by atoms with Gasteiger partial charge in [-0.1, -0.05) is 0 Å². The van der Waals surface area contributed by atoms with Crippen LogP contribution in [-0.4, -0.2) is 61.5 Å². The number of carboxylic acids is 1. The Kier molecular flexibility index (Phi) is 5.01. The van der Waals surface area contributed by atoms with Gasteiger partial charge in [0.25, 0.3) is 0 Å². The van der Waals surface area contributed by atoms with Crippen LogP contribution in [0.15, 0.2) is 0 Å². The van der Waals surface area contributed by atoms with Gasteiger partial charge in [0.15, 0.2) is 0 Å². The molecule has 1 N–H and O–H groups in total. The SMILES string of the molecule is CCO[C@H]1CN(CCC(=O)O)C[C@@H]1OC. The molecule has 5 nitrogen and oxygen atoms in total. The smallest absolute Gasteiger partial charge is 0.304 e. The molecule has 0 spiro atoms. The van der Waals surface area contributed by atoms with Crippen molar-refractivity contribution in [3.05, 3.63) is 0 Å². The number of aliphatic carboxylic acids is 1. The van der Waals surface area contributed by atoms with Crippen molar-refractivity contribution < 1.29 is 19.4 Å². The number of nitrogens with zero attached hydrogens (tertiary/aromatic N) is 1. The maximum atomic E-state index is 10.4. The zero-order chi connectivity index (χ0) is 11.3. The van der Waals surface area contributed by atoms with E-state index in [1.807, 2.05) is 6.92 Å². The van der Waals surface area contributed by atoms with Gasteiger partial charge in [0.1, 0.15) is 0 Å². The van der Waals surface area contributed by atoms with Crippen LogP contribution in [0.25, 0.3) is 0 Å². The quantitative estimate of drug-likeness (QED) is 0.688. The number of rotatable bonds is 6. The second-order valence-corrected chi connectivity index (χ2v) is 3.67. The Labute approximate surface area is 90.0 Å². The molecule has 88 valence electrons. The fraction of sp³-hybridized carbons (Fsp3) is 0.900. The van der Waals surface area contributed by atoms with Crippen LogP contribution in [0, 0.1) is 0 Å². The molecule has 0 aromatic rings. The van der Waals surface area contributed by atoms with E-state index in [9.17, 15) is 4.79 Å². The predicted octanol–water partition coefficient (Wildman–Crippen LogP) is 0.197. The molecule has 1 saturated heterocycles. The Morgan fingerprint density at radius 1 is 1.47 bits per heavy atom. The summed E-state index contributed by atoms with van der Waals surface area (Å²) >= 11 is 0. The molecule has 1 rings (SSSR count). The first-order chi connectivity index (χ1) is 7.17. The second kappa shape index (κ2) is 6.05. The first-order valence-electron chi connectivity index (χ1n) is 5.26. The lowest BCUT2D eigenvalue weighted by atomic mass is 10.2. The number of likely N-dealkylation sites (tertiary alicyclic amines) is 1. The van der Waals surface area contributed by atoms with Crippen LogP contribution < -0.4 is 0 Å². The number of hydrogen-bond donors (Lipinski definition) is 1. The summed E-state index contributed by atoms with van der Waals surface area (Å²) in [5, 5.41) is 8.58. The lowest BCUT2D eigenvalue weighted by molar-refractivity contribution is -0.137. The predicted molar refractivity (Wildman–Crippen MR) is 54.9 cm³/mol. The van der Waals surface area contributed by atoms with E-state index in [0.717, 1.165) is 13.1 Å². The largest absolute Gasteiger partial charge is 0.481 e. The molecular formula is C10H19NO4. The molecule has 15 heavy (non-hydrogen) atoms. The van der Waals surface area contributed by atoms with Gasteiger partial charge in [0.05, 0.1) is 18.6 Å². The third-order valence-electron chi connectivity index (χ3n) is 2.62. The average Bonchev–Trinajstić information content (AvgIpc) is 2.58. The summed E-state index contributed by atoms with van der Waals surface area (Å²) in [6.45, 7) is 4.71. The van der Waals surface area contributed by atoms with Crippen LogP contribution in [-0.2, 0) is 14.3 Å². The van der Waals surface area contributed by atoms with E-state index >= 15 is 0 Å². The molecule has 0 aliphatic carbocycles. The Bertz CT molecular complexity index is 210. The molecule has 0 saturated carbocycles. The molecule has 5 heteroatoms. The maximum Gasteiger partial charge on any atom is 0.304 e. The zero-order valence-corrected chi connectivity index (χ0v) is 9.31. The van der Waals surface area contributed by atoms with Crippen molar-refractivity contribution in [1.82, 2.24) is 4.90 Å². The zero-order valence-electron chi connectivity index (χ0n) is 9.31. The highest BCUT2D eigenvalue weighted by atomic mass is 16.5. The van der Waals surface area contributed by atoms with Crippen LogP contribution in [0.3, 0.4) is 0 Å². The average molecular weight is 217 g/mol. The summed E-state index contributed by atoms with van der Waals surface area (Å²) in [5.74, 6) is -0.760. The van der Waals surface area contributed by atoms with Crippen molar-refractivity contribution in [2.75, 3.05) is 33.4 Å². The van der Waals surface area contributed by atoms with Crippen LogP contribution in [0.4, 0.5) is 0 Å². The molecule has 0 amide bonds. The fourth-order valence-electron chi connectivity index (χ4n) is 1.86. The van der Waals surface area contributed by atoms with Gasteiger partial charge < -0.3 is 14.6 Å². The second-order valence-electron chi connectivity index (χ2n) is 3.67. The van der Waals surface area contributed by atoms with Crippen molar-refractivity contribution in [3.8, 4) is 0 Å². The van der Waals surface area contributed by atoms with Crippen molar-refractivity contribution in [2.45, 2.75) is 25.6 Å². The molecule has 0 unspecified atom stereocenters. The maximum absolute atomic E-state index is 10.4. The van der Waals surface area contributed by atoms with Gasteiger partial charge in [0.2, 0.25) is 0 Å². The van der Waals surface area contributed by atoms with Gasteiger partial charge >= 0.3 is 5.97 Å². The van der Waals surface area contributed by atoms with E-state index in [0.29, 0.717) is 13.2 Å². The summed E-state index contributed by atoms with van der Waals surface area (Å²) < 4.78 is 10.8. The van der Waals surface area contributed by atoms with E-state index in [1.165, 1.54) is 0 Å². The van der Waals surface area contributed by atoms with Crippen LogP contribution in [0.1, 0.15) is 13.3 Å². The Hall–Kier alpha value is -0.650. The van der Waals surface area contributed by atoms with Crippen molar-refractivity contribution in [3.63, 3.8) is 0 Å². The van der Waals surface area contributed by atoms with Gasteiger partial charge in [0, 0.05) is 33.4 Å². The minimum absolute atomic E-state index is 0.0683. The molecule has 1 aliphatic heterocycles. The Balaban J connectivity index is 2.35. The first kappa shape index (κ1) is 12.4. The van der Waals surface area contributed by atoms with Gasteiger partial charge in [-0.3, -0.25) is 9.69 Å². The standard InChI is InChI=1S/C10H19NO4/c1-3-15-9-7-11(5-4-10(12)13)6-8(9)14-2/h8-9H,3-7H2,1-2H3,(H,12,13)/t8-,9-/m0/s1. The summed E-state index contributed by atoms with van der Waals surface area (Å²) in [6.07, 6.45) is 0.322. The molecule has 0 aromatic heterocycles. The summed E-state index contributed by atoms with van der Waals surface area (Å²) in [5.41, 5.74) is 0. The Morgan fingerprint density at radius 2 is 2.13 bits per heavy atom. The molecule has 1 heterocycles. The summed E-state index contributed by atoms with van der Waals surface area (Å²) in [7, 11) is 1.66. The van der Waals surface area contributed by atoms with Gasteiger partial charge in [-0.25, -0.2) is 0 Å². The molecule has 0 aromatic carbocycles. The Morgan fingerprint density at radius 3 is 2.67 bits per heavy atom. The van der Waals surface area contributed by atoms with Crippen molar-refractivity contribution in [1.29, 1.82) is 0 Å². The molecule has 1 aliphatic rings. The van der Waals surface area contributed by atoms with Crippen LogP contribution in [0.2, 0.25) is 0 Å². The highest BCUT2D eigenvalue weighted by Crippen LogP contribution is 2.16. The number of hydrogen-bond acceptors (Lipinski definition) is 4. The number of carboxylic acid groups (broad SMARTS) is 1. The lowest BCUT2D eigenvalue weighted by Crippen LogP contribution is -2.28. The lowest BCUT2D eigenvalue weighted by Gasteiger charge is -2.16. The van der Waals surface area contributed by atoms with Gasteiger partial charge in [-0.2, -0.15) is 0 Å². The molecule has 0 bridgehead atoms. The summed E-state index contributed by atoms with van der Waals surface area (Å²) in [6, 6.07) is 0. The molecule has 2 atom stereocenters. The van der Waals surface area contributed by atoms with E-state index in [1.54, 1.807) is 7.11 Å². The van der Waals surface area contributed by atoms with E-state index in [-0.39, 0.29) is 18.6 Å². The minimum Gasteiger partial charge on any atom is -0.481 e. The van der Waals surface area contributed by atoms with E-state index in [2.05, 4.69) is 4.90 Å². The third kappa shape index (κ3) is 3.77. The fourth-order valence-corrected chi connectivity index (χ4v) is 1.86. The molecule has 0 radical (unpaired) electrons. The number of ether oxygens (including phenoxy) is 2. The monoisotopic (exact) mass is 217 g/mol. The minimum atomic E-state index is -0.760. The van der Waals surface area contributed by atoms with Gasteiger partial charge in [-0.15, -0.1) is 0 Å². The van der Waals surface area contributed by atoms with Crippen LogP contribution >= 0.6 is 0 Å². The van der Waals surface area contributed by atoms with Gasteiger partial charge in [-0.05, 0) is 6.92 Å². The highest BCUT2D eigenvalue weighted by molar-refractivity contribution is 5.66. The van der Waals surface area contributed by atoms with Crippen molar-refractivity contribution in [2.24, 2.45) is 0 Å². The highest BCUT2D eigenvalue weighted by Gasteiger charge is 2.33. The third-order valence-corrected chi connectivity index (χ3v) is 2.62. The topological polar surface area (TPSA) is 59.0 Å². The van der Waals surface area contributed by atoms with E-state index in [4.69, 9.17) is 14.6 Å². The number of carbonyl (C=O) groups is 1. The normalized spacial score (nSPS) is 27.1.